The summed E-state index contributed by atoms with van der Waals surface area (Å²) in [5.74, 6) is -1.49. The van der Waals surface area contributed by atoms with Crippen LogP contribution < -0.4 is 19.3 Å². The number of hydrogen-bond acceptors (Lipinski definition) is 7. The number of likely N-dealkylation sites (tertiary alicyclic amines) is 1. The lowest BCUT2D eigenvalue weighted by atomic mass is 9.62. The summed E-state index contributed by atoms with van der Waals surface area (Å²) in [5, 5.41) is 10.8. The first-order valence-electron chi connectivity index (χ1n) is 17.3. The van der Waals surface area contributed by atoms with Crippen molar-refractivity contribution in [2.45, 2.75) is 70.7 Å². The topological polar surface area (TPSA) is 109 Å². The van der Waals surface area contributed by atoms with E-state index in [-0.39, 0.29) is 49.3 Å². The van der Waals surface area contributed by atoms with E-state index in [9.17, 15) is 14.7 Å². The monoisotopic (exact) mass is 673 g/mol. The molecule has 0 radical (unpaired) electrons. The Balaban J connectivity index is 1.64. The standard InChI is InChI=1S/C39H51N3O7/c1-9-20-40(27-14-18-31(19-15-27)48-11-3)35(44)32-33-36(45)42(29(24-43)22-25(4)5)34(39(33)23-26(6)38(32,7)49-39)37(46)41(21-10-2)28-12-16-30(47-8)17-13-28/h9-10,12-19,25-26,29,32-34,43H,1-2,11,20-24H2,3-8H3/t26?,29-,32-,33+,34?,38+,39?/m1/s1. The minimum absolute atomic E-state index is 0.123. The maximum absolute atomic E-state index is 15.1. The van der Waals surface area contributed by atoms with E-state index in [1.54, 1.807) is 58.2 Å². The summed E-state index contributed by atoms with van der Waals surface area (Å²) in [7, 11) is 1.58. The van der Waals surface area contributed by atoms with E-state index in [0.29, 0.717) is 42.3 Å². The third-order valence-corrected chi connectivity index (χ3v) is 10.6. The van der Waals surface area contributed by atoms with Crippen molar-refractivity contribution in [1.82, 2.24) is 4.90 Å². The molecule has 10 nitrogen and oxygen atoms in total. The second-order valence-electron chi connectivity index (χ2n) is 14.0. The van der Waals surface area contributed by atoms with Crippen LogP contribution in [0.1, 0.15) is 47.5 Å². The van der Waals surface area contributed by atoms with Crippen molar-refractivity contribution in [2.75, 3.05) is 43.2 Å². The molecule has 2 bridgehead atoms. The molecule has 3 aliphatic heterocycles. The first-order valence-corrected chi connectivity index (χ1v) is 17.3. The Bertz CT molecular complexity index is 1540. The van der Waals surface area contributed by atoms with Crippen molar-refractivity contribution in [1.29, 1.82) is 0 Å². The Labute approximate surface area is 290 Å². The average molecular weight is 674 g/mol. The number of carbonyl (C=O) groups is 3. The Morgan fingerprint density at radius 2 is 1.57 bits per heavy atom. The van der Waals surface area contributed by atoms with Gasteiger partial charge >= 0.3 is 0 Å². The molecule has 3 fully saturated rings. The summed E-state index contributed by atoms with van der Waals surface area (Å²) in [6.45, 7) is 18.3. The highest BCUT2D eigenvalue weighted by atomic mass is 16.5. The number of hydrogen-bond donors (Lipinski definition) is 1. The molecule has 5 rings (SSSR count). The zero-order valence-electron chi connectivity index (χ0n) is 29.6. The molecule has 2 aromatic rings. The molecule has 3 aliphatic rings. The van der Waals surface area contributed by atoms with Gasteiger partial charge in [-0.15, -0.1) is 13.2 Å². The minimum Gasteiger partial charge on any atom is -0.497 e. The first-order chi connectivity index (χ1) is 23.4. The number of aliphatic hydroxyl groups excluding tert-OH is 1. The van der Waals surface area contributed by atoms with Crippen molar-refractivity contribution >= 4 is 29.1 Å². The number of nitrogens with zero attached hydrogens (tertiary/aromatic N) is 3. The number of amides is 3. The number of fused-ring (bicyclic) bond motifs is 1. The van der Waals surface area contributed by atoms with Crippen LogP contribution in [-0.4, -0.2) is 84.4 Å². The van der Waals surface area contributed by atoms with E-state index in [0.717, 1.165) is 0 Å². The lowest BCUT2D eigenvalue weighted by Crippen LogP contribution is -2.59. The molecule has 1 spiro atoms. The summed E-state index contributed by atoms with van der Waals surface area (Å²) in [4.78, 5) is 49.8. The van der Waals surface area contributed by atoms with E-state index in [4.69, 9.17) is 14.2 Å². The third-order valence-electron chi connectivity index (χ3n) is 10.6. The van der Waals surface area contributed by atoms with Gasteiger partial charge in [-0.3, -0.25) is 14.4 Å². The molecule has 3 unspecified atom stereocenters. The van der Waals surface area contributed by atoms with Gasteiger partial charge in [-0.25, -0.2) is 0 Å². The SMILES string of the molecule is C=CCN(C(=O)C1N([C@@H](CO)CC(C)C)C(=O)[C@@H]2[C@H](C(=O)N(CC=C)c3ccc(OCC)cc3)[C@@]3(C)OC12CC3C)c1ccc(OC)cc1. The Kier molecular flexibility index (Phi) is 10.6. The van der Waals surface area contributed by atoms with E-state index in [1.165, 1.54) is 0 Å². The maximum Gasteiger partial charge on any atom is 0.253 e. The molecule has 3 saturated heterocycles. The molecule has 1 N–H and O–H groups in total. The predicted octanol–water partition coefficient (Wildman–Crippen LogP) is 5.25. The van der Waals surface area contributed by atoms with Crippen LogP contribution in [0.5, 0.6) is 11.5 Å². The quantitative estimate of drug-likeness (QED) is 0.258. The maximum atomic E-state index is 15.1. The largest absolute Gasteiger partial charge is 0.497 e. The lowest BCUT2D eigenvalue weighted by molar-refractivity contribution is -0.149. The summed E-state index contributed by atoms with van der Waals surface area (Å²) >= 11 is 0. The van der Waals surface area contributed by atoms with Gasteiger partial charge in [0, 0.05) is 24.5 Å². The van der Waals surface area contributed by atoms with Crippen molar-refractivity contribution in [3.8, 4) is 11.5 Å². The second-order valence-corrected chi connectivity index (χ2v) is 14.0. The van der Waals surface area contributed by atoms with Gasteiger partial charge in [0.2, 0.25) is 11.8 Å². The fraction of sp³-hybridized carbons (Fsp3) is 0.513. The van der Waals surface area contributed by atoms with Crippen LogP contribution in [-0.2, 0) is 19.1 Å². The van der Waals surface area contributed by atoms with Gasteiger partial charge in [0.25, 0.3) is 5.91 Å². The molecule has 0 saturated carbocycles. The van der Waals surface area contributed by atoms with Crippen LogP contribution in [0.3, 0.4) is 0 Å². The van der Waals surface area contributed by atoms with Gasteiger partial charge in [0.15, 0.2) is 0 Å². The van der Waals surface area contributed by atoms with Crippen LogP contribution in [0.15, 0.2) is 73.8 Å². The molecule has 49 heavy (non-hydrogen) atoms. The molecule has 7 atom stereocenters. The summed E-state index contributed by atoms with van der Waals surface area (Å²) in [5.41, 5.74) is -1.07. The summed E-state index contributed by atoms with van der Waals surface area (Å²) < 4.78 is 18.0. The van der Waals surface area contributed by atoms with Gasteiger partial charge in [0.05, 0.1) is 43.8 Å². The number of benzene rings is 2. The zero-order valence-corrected chi connectivity index (χ0v) is 29.6. The summed E-state index contributed by atoms with van der Waals surface area (Å²) in [6, 6.07) is 12.7. The van der Waals surface area contributed by atoms with Crippen molar-refractivity contribution in [2.24, 2.45) is 23.7 Å². The Morgan fingerprint density at radius 1 is 1.02 bits per heavy atom. The Hall–Kier alpha value is -4.15. The van der Waals surface area contributed by atoms with E-state index in [2.05, 4.69) is 13.2 Å². The van der Waals surface area contributed by atoms with E-state index >= 15 is 4.79 Å². The van der Waals surface area contributed by atoms with E-state index < -0.39 is 35.1 Å². The van der Waals surface area contributed by atoms with Crippen LogP contribution in [0.2, 0.25) is 0 Å². The number of rotatable bonds is 15. The van der Waals surface area contributed by atoms with Crippen LogP contribution in [0.25, 0.3) is 0 Å². The molecule has 0 aliphatic carbocycles. The van der Waals surface area contributed by atoms with Gasteiger partial charge in [-0.2, -0.15) is 0 Å². The lowest BCUT2D eigenvalue weighted by Gasteiger charge is -2.40. The molecule has 3 heterocycles. The molecule has 3 amide bonds. The van der Waals surface area contributed by atoms with Gasteiger partial charge < -0.3 is 34.0 Å². The predicted molar refractivity (Wildman–Crippen MR) is 190 cm³/mol. The fourth-order valence-electron chi connectivity index (χ4n) is 8.42. The molecule has 10 heteroatoms. The highest BCUT2D eigenvalue weighted by Gasteiger charge is 2.80. The van der Waals surface area contributed by atoms with Crippen LogP contribution in [0.4, 0.5) is 11.4 Å². The van der Waals surface area contributed by atoms with Crippen molar-refractivity contribution in [3.05, 3.63) is 73.8 Å². The number of anilines is 2. The fourth-order valence-corrected chi connectivity index (χ4v) is 8.42. The van der Waals surface area contributed by atoms with Gasteiger partial charge in [-0.05, 0) is 87.1 Å². The van der Waals surface area contributed by atoms with Crippen LogP contribution >= 0.6 is 0 Å². The smallest absolute Gasteiger partial charge is 0.253 e. The molecular weight excluding hydrogens is 622 g/mol. The number of carbonyl (C=O) groups excluding carboxylic acids is 3. The molecule has 0 aromatic heterocycles. The molecule has 264 valence electrons. The van der Waals surface area contributed by atoms with Crippen LogP contribution in [0, 0.1) is 23.7 Å². The first kappa shape index (κ1) is 36.1. The molecule has 2 aromatic carbocycles. The van der Waals surface area contributed by atoms with Crippen molar-refractivity contribution in [3.63, 3.8) is 0 Å². The van der Waals surface area contributed by atoms with Crippen molar-refractivity contribution < 1.29 is 33.7 Å². The summed E-state index contributed by atoms with van der Waals surface area (Å²) in [6.07, 6.45) is 4.18. The minimum atomic E-state index is -1.29. The third kappa shape index (κ3) is 6.14. The van der Waals surface area contributed by atoms with E-state index in [1.807, 2.05) is 58.9 Å². The highest BCUT2D eigenvalue weighted by Crippen LogP contribution is 2.66. The highest BCUT2D eigenvalue weighted by molar-refractivity contribution is 6.07. The number of ether oxygens (including phenoxy) is 3. The number of aliphatic hydroxyl groups is 1. The Morgan fingerprint density at radius 3 is 2.06 bits per heavy atom. The second kappa shape index (κ2) is 14.4. The zero-order chi connectivity index (χ0) is 35.7. The average Bonchev–Trinajstić information content (AvgIpc) is 3.61. The molecular formula is C39H51N3O7. The van der Waals surface area contributed by atoms with Gasteiger partial charge in [0.1, 0.15) is 23.1 Å². The van der Waals surface area contributed by atoms with Gasteiger partial charge in [-0.1, -0.05) is 32.9 Å². The number of methoxy groups -OCH3 is 1. The normalized spacial score (nSPS) is 27.5.